The second-order valence-corrected chi connectivity index (χ2v) is 5.70. The molecular formula is C16H26Br2N2O. The van der Waals surface area contributed by atoms with Crippen LogP contribution in [-0.4, -0.2) is 55.9 Å². The molecule has 0 spiro atoms. The summed E-state index contributed by atoms with van der Waals surface area (Å²) < 4.78 is 0. The van der Waals surface area contributed by atoms with E-state index in [0.717, 1.165) is 31.7 Å². The van der Waals surface area contributed by atoms with Crippen molar-refractivity contribution < 1.29 is 4.79 Å². The molecule has 1 aromatic rings. The second kappa shape index (κ2) is 10.5. The van der Waals surface area contributed by atoms with Crippen LogP contribution in [0.4, 0.5) is 0 Å². The van der Waals surface area contributed by atoms with Gasteiger partial charge in [-0.3, -0.25) is 4.79 Å². The molecule has 0 amide bonds. The van der Waals surface area contributed by atoms with Crippen molar-refractivity contribution in [2.24, 2.45) is 5.92 Å². The van der Waals surface area contributed by atoms with E-state index in [4.69, 9.17) is 0 Å². The monoisotopic (exact) mass is 420 g/mol. The molecule has 1 aliphatic heterocycles. The van der Waals surface area contributed by atoms with Gasteiger partial charge in [0.1, 0.15) is 0 Å². The van der Waals surface area contributed by atoms with Gasteiger partial charge in [-0.2, -0.15) is 0 Å². The fourth-order valence-corrected chi connectivity index (χ4v) is 2.78. The third kappa shape index (κ3) is 6.59. The average molecular weight is 422 g/mol. The molecule has 2 rings (SSSR count). The maximum atomic E-state index is 12.6. The van der Waals surface area contributed by atoms with Crippen molar-refractivity contribution >= 4 is 39.7 Å². The third-order valence-electron chi connectivity index (χ3n) is 3.69. The van der Waals surface area contributed by atoms with Crippen molar-refractivity contribution in [3.63, 3.8) is 0 Å². The minimum Gasteiger partial charge on any atom is -0.309 e. The number of carbonyl (C=O) groups is 1. The van der Waals surface area contributed by atoms with E-state index in [0.29, 0.717) is 0 Å². The second-order valence-electron chi connectivity index (χ2n) is 5.70. The van der Waals surface area contributed by atoms with Crippen molar-refractivity contribution in [2.45, 2.75) is 12.8 Å². The van der Waals surface area contributed by atoms with E-state index >= 15 is 0 Å². The summed E-state index contributed by atoms with van der Waals surface area (Å²) in [5.41, 5.74) is 0.841. The molecule has 1 aromatic carbocycles. The molecular weight excluding hydrogens is 396 g/mol. The van der Waals surface area contributed by atoms with Crippen LogP contribution in [0.5, 0.6) is 0 Å². The van der Waals surface area contributed by atoms with Gasteiger partial charge in [-0.25, -0.2) is 0 Å². The van der Waals surface area contributed by atoms with Crippen LogP contribution in [0.2, 0.25) is 0 Å². The van der Waals surface area contributed by atoms with Gasteiger partial charge in [0.15, 0.2) is 5.78 Å². The molecule has 21 heavy (non-hydrogen) atoms. The number of carbonyl (C=O) groups excluding carboxylic acids is 1. The van der Waals surface area contributed by atoms with Gasteiger partial charge < -0.3 is 9.80 Å². The summed E-state index contributed by atoms with van der Waals surface area (Å²) in [6.45, 7) is 4.01. The summed E-state index contributed by atoms with van der Waals surface area (Å²) in [6, 6.07) is 9.69. The van der Waals surface area contributed by atoms with Crippen molar-refractivity contribution in [2.75, 3.05) is 40.3 Å². The van der Waals surface area contributed by atoms with Crippen LogP contribution in [0.25, 0.3) is 0 Å². The summed E-state index contributed by atoms with van der Waals surface area (Å²) in [5, 5.41) is 0. The molecule has 0 saturated carbocycles. The van der Waals surface area contributed by atoms with Gasteiger partial charge in [-0.1, -0.05) is 30.3 Å². The maximum absolute atomic E-state index is 12.6. The molecule has 5 heteroatoms. The molecule has 0 N–H and O–H groups in total. The van der Waals surface area contributed by atoms with Gasteiger partial charge in [-0.05, 0) is 40.0 Å². The van der Waals surface area contributed by atoms with Crippen molar-refractivity contribution in [3.05, 3.63) is 35.9 Å². The Kier molecular flexibility index (Phi) is 10.4. The molecule has 3 nitrogen and oxygen atoms in total. The fraction of sp³-hybridized carbons (Fsp3) is 0.562. The number of hydrogen-bond acceptors (Lipinski definition) is 3. The number of benzene rings is 1. The highest BCUT2D eigenvalue weighted by Gasteiger charge is 2.24. The normalized spacial score (nSPS) is 16.1. The van der Waals surface area contributed by atoms with Crippen LogP contribution in [0.15, 0.2) is 30.3 Å². The Morgan fingerprint density at radius 2 is 1.71 bits per heavy atom. The third-order valence-corrected chi connectivity index (χ3v) is 3.69. The Bertz CT molecular complexity index is 406. The molecule has 1 atom stereocenters. The topological polar surface area (TPSA) is 23.6 Å². The smallest absolute Gasteiger partial charge is 0.168 e. The Labute approximate surface area is 149 Å². The van der Waals surface area contributed by atoms with Crippen LogP contribution >= 0.6 is 34.0 Å². The lowest BCUT2D eigenvalue weighted by Crippen LogP contribution is -2.37. The Morgan fingerprint density at radius 1 is 1.14 bits per heavy atom. The van der Waals surface area contributed by atoms with E-state index in [1.807, 2.05) is 44.4 Å². The van der Waals surface area contributed by atoms with E-state index < -0.39 is 0 Å². The minimum absolute atomic E-state index is 0. The summed E-state index contributed by atoms with van der Waals surface area (Å²) in [6.07, 6.45) is 2.54. The number of hydrogen-bond donors (Lipinski definition) is 0. The van der Waals surface area contributed by atoms with Gasteiger partial charge in [0.05, 0.1) is 0 Å². The van der Waals surface area contributed by atoms with Crippen LogP contribution < -0.4 is 0 Å². The summed E-state index contributed by atoms with van der Waals surface area (Å²) in [4.78, 5) is 17.2. The number of halogens is 2. The maximum Gasteiger partial charge on any atom is 0.168 e. The van der Waals surface area contributed by atoms with Crippen molar-refractivity contribution in [1.29, 1.82) is 0 Å². The van der Waals surface area contributed by atoms with Gasteiger partial charge in [-0.15, -0.1) is 34.0 Å². The number of nitrogens with zero attached hydrogens (tertiary/aromatic N) is 2. The molecule has 1 unspecified atom stereocenters. The predicted octanol–water partition coefficient (Wildman–Crippen LogP) is 3.30. The molecule has 0 bridgehead atoms. The lowest BCUT2D eigenvalue weighted by Gasteiger charge is -2.25. The highest BCUT2D eigenvalue weighted by atomic mass is 79.9. The first-order chi connectivity index (χ1) is 9.16. The van der Waals surface area contributed by atoms with Crippen molar-refractivity contribution in [1.82, 2.24) is 9.80 Å². The highest BCUT2D eigenvalue weighted by Crippen LogP contribution is 2.15. The van der Waals surface area contributed by atoms with E-state index in [2.05, 4.69) is 9.80 Å². The number of ketones is 1. The number of Topliss-reactive ketones (excluding diaryl/α,β-unsaturated/α-hetero) is 1. The molecule has 1 heterocycles. The minimum atomic E-state index is 0. The zero-order valence-corrected chi connectivity index (χ0v) is 16.3. The standard InChI is InChI=1S/C16H24N2O.2BrH/c1-17(2)12-15(13-18-10-6-7-11-18)16(19)14-8-4-3-5-9-14;;/h3-5,8-9,15H,6-7,10-13H2,1-2H3;2*1H. The first-order valence-corrected chi connectivity index (χ1v) is 7.13. The van der Waals surface area contributed by atoms with Crippen LogP contribution in [0.3, 0.4) is 0 Å². The highest BCUT2D eigenvalue weighted by molar-refractivity contribution is 8.93. The first kappa shape index (κ1) is 20.8. The van der Waals surface area contributed by atoms with Gasteiger partial charge in [0.25, 0.3) is 0 Å². The quantitative estimate of drug-likeness (QED) is 0.658. The molecule has 1 aliphatic rings. The number of likely N-dealkylation sites (tertiary alicyclic amines) is 1. The predicted molar refractivity (Wildman–Crippen MR) is 99.1 cm³/mol. The molecule has 0 aliphatic carbocycles. The van der Waals surface area contributed by atoms with Crippen LogP contribution in [-0.2, 0) is 0 Å². The first-order valence-electron chi connectivity index (χ1n) is 7.13. The molecule has 0 aromatic heterocycles. The summed E-state index contributed by atoms with van der Waals surface area (Å²) in [5.74, 6) is 0.358. The Balaban J connectivity index is 0.00000200. The van der Waals surface area contributed by atoms with E-state index in [1.165, 1.54) is 12.8 Å². The van der Waals surface area contributed by atoms with E-state index in [1.54, 1.807) is 0 Å². The van der Waals surface area contributed by atoms with Crippen LogP contribution in [0.1, 0.15) is 23.2 Å². The van der Waals surface area contributed by atoms with Crippen LogP contribution in [0, 0.1) is 5.92 Å². The average Bonchev–Trinajstić information content (AvgIpc) is 2.90. The fourth-order valence-electron chi connectivity index (χ4n) is 2.78. The molecule has 120 valence electrons. The lowest BCUT2D eigenvalue weighted by molar-refractivity contribution is 0.0861. The van der Waals surface area contributed by atoms with E-state index in [9.17, 15) is 4.79 Å². The van der Waals surface area contributed by atoms with Crippen molar-refractivity contribution in [3.8, 4) is 0 Å². The SMILES string of the molecule is Br.Br.CN(C)CC(CN1CCCC1)C(=O)c1ccccc1. The van der Waals surface area contributed by atoms with Gasteiger partial charge >= 0.3 is 0 Å². The van der Waals surface area contributed by atoms with Gasteiger partial charge in [0.2, 0.25) is 0 Å². The summed E-state index contributed by atoms with van der Waals surface area (Å²) in [7, 11) is 4.07. The largest absolute Gasteiger partial charge is 0.309 e. The Hall–Kier alpha value is -0.230. The zero-order valence-electron chi connectivity index (χ0n) is 12.8. The summed E-state index contributed by atoms with van der Waals surface area (Å²) >= 11 is 0. The number of rotatable bonds is 6. The molecule has 1 saturated heterocycles. The van der Waals surface area contributed by atoms with E-state index in [-0.39, 0.29) is 45.7 Å². The van der Waals surface area contributed by atoms with Gasteiger partial charge in [0, 0.05) is 24.6 Å². The molecule has 1 fully saturated rings. The lowest BCUT2D eigenvalue weighted by atomic mass is 9.96. The Morgan fingerprint density at radius 3 is 2.24 bits per heavy atom. The zero-order chi connectivity index (χ0) is 13.7. The molecule has 0 radical (unpaired) electrons.